The van der Waals surface area contributed by atoms with Gasteiger partial charge in [-0.2, -0.15) is 0 Å². The smallest absolute Gasteiger partial charge is 0.337 e. The minimum atomic E-state index is -1.25. The number of aromatic amines is 1. The monoisotopic (exact) mass is 379 g/mol. The first-order chi connectivity index (χ1) is 13.4. The number of rotatable bonds is 4. The normalized spacial score (nSPS) is 11.1. The second-order valence-corrected chi connectivity index (χ2v) is 6.19. The number of carboxylic acids is 2. The maximum Gasteiger partial charge on any atom is 0.337 e. The van der Waals surface area contributed by atoms with Crippen molar-refractivity contribution in [1.82, 2.24) is 14.1 Å². The molecule has 4 aromatic rings. The van der Waals surface area contributed by atoms with Gasteiger partial charge in [-0.05, 0) is 18.2 Å². The minimum Gasteiger partial charge on any atom is -0.480 e. The Labute approximate surface area is 155 Å². The van der Waals surface area contributed by atoms with E-state index in [1.54, 1.807) is 41.1 Å². The Balaban J connectivity index is 2.09. The predicted molar refractivity (Wildman–Crippen MR) is 100 cm³/mol. The molecule has 0 aliphatic carbocycles. The van der Waals surface area contributed by atoms with Crippen molar-refractivity contribution in [3.8, 4) is 5.69 Å². The minimum absolute atomic E-state index is 0.116. The third kappa shape index (κ3) is 2.65. The second-order valence-electron chi connectivity index (χ2n) is 6.19. The molecule has 28 heavy (non-hydrogen) atoms. The van der Waals surface area contributed by atoms with E-state index in [2.05, 4.69) is 4.98 Å². The van der Waals surface area contributed by atoms with E-state index in [9.17, 15) is 19.2 Å². The molecule has 2 aromatic carbocycles. The van der Waals surface area contributed by atoms with Gasteiger partial charge in [0.15, 0.2) is 0 Å². The predicted octanol–water partition coefficient (Wildman–Crippen LogP) is 1.42. The molecule has 0 radical (unpaired) electrons. The van der Waals surface area contributed by atoms with Crippen molar-refractivity contribution in [2.24, 2.45) is 0 Å². The number of hydrogen-bond donors (Lipinski definition) is 3. The molecule has 2 heterocycles. The summed E-state index contributed by atoms with van der Waals surface area (Å²) in [5.41, 5.74) is -0.480. The highest BCUT2D eigenvalue weighted by atomic mass is 16.4. The molecule has 140 valence electrons. The molecule has 0 aliphatic rings. The van der Waals surface area contributed by atoms with Crippen LogP contribution in [-0.2, 0) is 11.3 Å². The van der Waals surface area contributed by atoms with Crippen LogP contribution in [0.4, 0.5) is 0 Å². The average Bonchev–Trinajstić information content (AvgIpc) is 3.14. The molecule has 0 atom stereocenters. The van der Waals surface area contributed by atoms with Crippen LogP contribution in [0.15, 0.2) is 58.4 Å². The Kier molecular flexibility index (Phi) is 3.85. The maximum absolute atomic E-state index is 12.3. The molecular weight excluding hydrogens is 366 g/mol. The largest absolute Gasteiger partial charge is 0.480 e. The Bertz CT molecular complexity index is 1390. The summed E-state index contributed by atoms with van der Waals surface area (Å²) in [7, 11) is 0. The zero-order valence-electron chi connectivity index (χ0n) is 14.2. The number of nitrogens with one attached hydrogen (secondary N) is 1. The molecule has 0 aliphatic heterocycles. The first kappa shape index (κ1) is 17.3. The van der Waals surface area contributed by atoms with Crippen LogP contribution in [0.25, 0.3) is 27.5 Å². The average molecular weight is 379 g/mol. The van der Waals surface area contributed by atoms with Crippen LogP contribution in [0.5, 0.6) is 0 Å². The van der Waals surface area contributed by atoms with Gasteiger partial charge in [-0.25, -0.2) is 4.79 Å². The third-order valence-corrected chi connectivity index (χ3v) is 4.48. The Hall–Kier alpha value is -4.14. The second kappa shape index (κ2) is 6.23. The first-order valence-electron chi connectivity index (χ1n) is 8.19. The van der Waals surface area contributed by atoms with Crippen molar-refractivity contribution >= 4 is 33.7 Å². The lowest BCUT2D eigenvalue weighted by atomic mass is 10.1. The van der Waals surface area contributed by atoms with Gasteiger partial charge in [0.05, 0.1) is 22.3 Å². The van der Waals surface area contributed by atoms with E-state index in [1.807, 2.05) is 0 Å². The lowest BCUT2D eigenvalue weighted by Gasteiger charge is -2.13. The van der Waals surface area contributed by atoms with Gasteiger partial charge >= 0.3 is 23.1 Å². The summed E-state index contributed by atoms with van der Waals surface area (Å²) in [5.74, 6) is -2.31. The molecular formula is C19H13N3O6. The number of carboxylic acid groups (broad SMARTS) is 2. The van der Waals surface area contributed by atoms with Gasteiger partial charge in [0, 0.05) is 23.2 Å². The van der Waals surface area contributed by atoms with Crippen molar-refractivity contribution in [1.29, 1.82) is 0 Å². The summed E-state index contributed by atoms with van der Waals surface area (Å²) in [6.45, 7) is -0.657. The highest BCUT2D eigenvalue weighted by Gasteiger charge is 2.15. The highest BCUT2D eigenvalue weighted by molar-refractivity contribution is 6.07. The van der Waals surface area contributed by atoms with Gasteiger partial charge in [-0.15, -0.1) is 0 Å². The number of hydrogen-bond acceptors (Lipinski definition) is 4. The van der Waals surface area contributed by atoms with Crippen molar-refractivity contribution in [2.75, 3.05) is 0 Å². The Morgan fingerprint density at radius 1 is 1.00 bits per heavy atom. The molecule has 0 fully saturated rings. The molecule has 9 heteroatoms. The van der Waals surface area contributed by atoms with E-state index in [4.69, 9.17) is 10.2 Å². The molecule has 3 N–H and O–H groups in total. The quantitative estimate of drug-likeness (QED) is 0.363. The van der Waals surface area contributed by atoms with Crippen LogP contribution in [0.3, 0.4) is 0 Å². The summed E-state index contributed by atoms with van der Waals surface area (Å²) >= 11 is 0. The van der Waals surface area contributed by atoms with Crippen LogP contribution in [-0.4, -0.2) is 36.3 Å². The summed E-state index contributed by atoms with van der Waals surface area (Å²) in [5, 5.41) is 19.5. The molecule has 2 aromatic heterocycles. The fourth-order valence-corrected chi connectivity index (χ4v) is 3.30. The van der Waals surface area contributed by atoms with E-state index >= 15 is 0 Å². The fraction of sp³-hybridized carbons (Fsp3) is 0.0526. The number of fused-ring (bicyclic) bond motifs is 3. The summed E-state index contributed by atoms with van der Waals surface area (Å²) in [6.07, 6.45) is 3.05. The van der Waals surface area contributed by atoms with Crippen LogP contribution >= 0.6 is 0 Å². The van der Waals surface area contributed by atoms with Crippen molar-refractivity contribution in [3.63, 3.8) is 0 Å². The van der Waals surface area contributed by atoms with Crippen LogP contribution in [0.2, 0.25) is 0 Å². The molecule has 0 saturated heterocycles. The Morgan fingerprint density at radius 2 is 1.79 bits per heavy atom. The lowest BCUT2D eigenvalue weighted by molar-refractivity contribution is -0.137. The summed E-state index contributed by atoms with van der Waals surface area (Å²) in [4.78, 5) is 49.0. The van der Waals surface area contributed by atoms with Gasteiger partial charge in [-0.1, -0.05) is 18.2 Å². The molecule has 0 unspecified atom stereocenters. The van der Waals surface area contributed by atoms with E-state index in [0.29, 0.717) is 22.0 Å². The van der Waals surface area contributed by atoms with Gasteiger partial charge in [0.1, 0.15) is 6.54 Å². The van der Waals surface area contributed by atoms with Gasteiger partial charge in [0.2, 0.25) is 0 Å². The number of aliphatic carboxylic acids is 1. The van der Waals surface area contributed by atoms with E-state index in [1.165, 1.54) is 12.3 Å². The molecule has 0 spiro atoms. The fourth-order valence-electron chi connectivity index (χ4n) is 3.30. The molecule has 0 saturated carbocycles. The van der Waals surface area contributed by atoms with Crippen LogP contribution < -0.4 is 11.1 Å². The van der Waals surface area contributed by atoms with E-state index in [0.717, 1.165) is 4.57 Å². The molecule has 0 bridgehead atoms. The van der Waals surface area contributed by atoms with E-state index in [-0.39, 0.29) is 11.1 Å². The number of nitrogens with zero attached hydrogens (tertiary/aromatic N) is 2. The molecule has 9 nitrogen and oxygen atoms in total. The maximum atomic E-state index is 12.3. The standard InChI is InChI=1S/C19H13N3O6/c23-15(24)9-22-16-12-2-1-3-14(21-7-6-10(8-21)19(27)28)11(12)4-5-13(16)20-17(25)18(22)26/h1-8H,9H2,(H,20,25)(H,23,24)(H,27,28). The number of aromatic carboxylic acids is 1. The zero-order chi connectivity index (χ0) is 20.0. The number of carbonyl (C=O) groups is 2. The van der Waals surface area contributed by atoms with Crippen molar-refractivity contribution in [2.45, 2.75) is 6.54 Å². The lowest BCUT2D eigenvalue weighted by Crippen LogP contribution is -2.37. The van der Waals surface area contributed by atoms with E-state index < -0.39 is 29.6 Å². The Morgan fingerprint density at radius 3 is 2.46 bits per heavy atom. The van der Waals surface area contributed by atoms with Crippen LogP contribution in [0, 0.1) is 0 Å². The summed E-state index contributed by atoms with van der Waals surface area (Å²) in [6, 6.07) is 9.95. The summed E-state index contributed by atoms with van der Waals surface area (Å²) < 4.78 is 2.56. The third-order valence-electron chi connectivity index (χ3n) is 4.48. The zero-order valence-corrected chi connectivity index (χ0v) is 14.2. The van der Waals surface area contributed by atoms with Gasteiger partial charge in [0.25, 0.3) is 0 Å². The topological polar surface area (TPSA) is 134 Å². The van der Waals surface area contributed by atoms with Crippen molar-refractivity contribution < 1.29 is 19.8 Å². The number of aromatic nitrogens is 3. The molecule has 0 amide bonds. The van der Waals surface area contributed by atoms with Gasteiger partial charge in [-0.3, -0.25) is 19.0 Å². The SMILES string of the molecule is O=C(O)Cn1c(=O)c(=O)[nH]c2ccc3c(-n4ccc(C(=O)O)c4)cccc3c21. The number of H-pyrrole nitrogens is 1. The number of benzene rings is 2. The van der Waals surface area contributed by atoms with Crippen molar-refractivity contribution in [3.05, 3.63) is 75.1 Å². The van der Waals surface area contributed by atoms with Crippen LogP contribution in [0.1, 0.15) is 10.4 Å². The first-order valence-corrected chi connectivity index (χ1v) is 8.19. The van der Waals surface area contributed by atoms with Gasteiger partial charge < -0.3 is 19.8 Å². The molecule has 4 rings (SSSR count). The highest BCUT2D eigenvalue weighted by Crippen LogP contribution is 2.28.